The lowest BCUT2D eigenvalue weighted by atomic mass is 9.82. The molecule has 2 aromatic heterocycles. The van der Waals surface area contributed by atoms with Gasteiger partial charge in [0.25, 0.3) is 0 Å². The number of aromatic nitrogens is 2. The Bertz CT molecular complexity index is 4870. The Kier molecular flexibility index (Phi) is 12.2. The number of allylic oxidation sites excluding steroid dienone is 1. The Morgan fingerprint density at radius 2 is 0.893 bits per heavy atom. The van der Waals surface area contributed by atoms with Crippen molar-refractivity contribution in [3.8, 4) is 44.8 Å². The Hall–Kier alpha value is -10.7. The number of para-hydroxylation sites is 4. The van der Waals surface area contributed by atoms with Gasteiger partial charge in [-0.25, -0.2) is 0 Å². The zero-order chi connectivity index (χ0) is 56.5. The van der Waals surface area contributed by atoms with Gasteiger partial charge in [0.2, 0.25) is 0 Å². The molecule has 0 spiro atoms. The minimum Gasteiger partial charge on any atom is -0.310 e. The molecule has 0 amide bonds. The Labute approximate surface area is 491 Å². The van der Waals surface area contributed by atoms with Crippen molar-refractivity contribution < 1.29 is 0 Å². The SMILES string of the molecule is C=Cc1c(/C=C\C)n(-c2ccccc2)c2cc(N(c3cc(-c4cc5c(c6ccccc46)c4ccccc4n5-c4ccccc4)cc(N(c4ccccc4)c4ccc(-c5ccccc5)cc4)c3)c3ccc4c(c3)C(C)(C)c3ccccc3-4)ccc12. The fraction of sp³-hybridized carbons (Fsp3) is 0.0500. The number of hydrogen-bond donors (Lipinski definition) is 0. The third kappa shape index (κ3) is 8.21. The Balaban J connectivity index is 1.05. The van der Waals surface area contributed by atoms with E-state index < -0.39 is 0 Å². The lowest BCUT2D eigenvalue weighted by Crippen LogP contribution is -2.17. The second-order valence-corrected chi connectivity index (χ2v) is 22.5. The van der Waals surface area contributed by atoms with Gasteiger partial charge in [0.15, 0.2) is 0 Å². The normalized spacial score (nSPS) is 12.6. The van der Waals surface area contributed by atoms with Crippen LogP contribution in [0.15, 0.2) is 292 Å². The van der Waals surface area contributed by atoms with Crippen LogP contribution in [0.2, 0.25) is 0 Å². The molecule has 0 aliphatic heterocycles. The standard InChI is InChI=1S/C80H60N4/c1-5-25-75-65(6-2)69-47-45-62(52-77(69)83(75)58-30-15-9-16-31-58)82(61-44-46-68-67-35-21-23-38-73(67)80(3,4)74(68)51-61)64-49-56(48-63(50-64)81(57-28-13-8-14-29-57)60-42-40-55(41-43-60)54-26-11-7-12-27-54)72-53-78-79(70-36-20-19-34-66(70)72)71-37-22-24-39-76(71)84(78)59-32-17-10-18-33-59/h5-53H,2H2,1,3-4H3/b25-5-. The van der Waals surface area contributed by atoms with Crippen molar-refractivity contribution in [2.75, 3.05) is 9.80 Å². The Morgan fingerprint density at radius 1 is 0.357 bits per heavy atom. The smallest absolute Gasteiger partial charge is 0.0561 e. The minimum atomic E-state index is -0.242. The third-order valence-corrected chi connectivity index (χ3v) is 17.3. The molecule has 14 aromatic rings. The van der Waals surface area contributed by atoms with Gasteiger partial charge in [-0.3, -0.25) is 0 Å². The van der Waals surface area contributed by atoms with Crippen LogP contribution in [0.1, 0.15) is 43.2 Å². The second kappa shape index (κ2) is 20.4. The van der Waals surface area contributed by atoms with Crippen molar-refractivity contribution in [3.63, 3.8) is 0 Å². The van der Waals surface area contributed by atoms with E-state index in [1.54, 1.807) is 0 Å². The summed E-state index contributed by atoms with van der Waals surface area (Å²) in [6, 6.07) is 103. The summed E-state index contributed by atoms with van der Waals surface area (Å²) in [7, 11) is 0. The van der Waals surface area contributed by atoms with Gasteiger partial charge in [0.1, 0.15) is 0 Å². The number of rotatable bonds is 12. The van der Waals surface area contributed by atoms with E-state index in [1.807, 2.05) is 6.08 Å². The van der Waals surface area contributed by atoms with Crippen LogP contribution in [-0.4, -0.2) is 9.13 Å². The van der Waals surface area contributed by atoms with Gasteiger partial charge >= 0.3 is 0 Å². The van der Waals surface area contributed by atoms with Gasteiger partial charge in [-0.1, -0.05) is 209 Å². The molecule has 4 heteroatoms. The van der Waals surface area contributed by atoms with Gasteiger partial charge in [-0.2, -0.15) is 0 Å². The monoisotopic (exact) mass is 1080 g/mol. The van der Waals surface area contributed by atoms with Crippen LogP contribution in [0.3, 0.4) is 0 Å². The molecule has 1 aliphatic carbocycles. The van der Waals surface area contributed by atoms with E-state index in [1.165, 1.54) is 54.9 Å². The topological polar surface area (TPSA) is 16.3 Å². The molecule has 84 heavy (non-hydrogen) atoms. The quantitative estimate of drug-likeness (QED) is 0.121. The lowest BCUT2D eigenvalue weighted by molar-refractivity contribution is 0.660. The molecule has 0 saturated carbocycles. The molecule has 1 aliphatic rings. The van der Waals surface area contributed by atoms with E-state index in [0.717, 1.165) is 89.9 Å². The summed E-state index contributed by atoms with van der Waals surface area (Å²) in [4.78, 5) is 4.92. The zero-order valence-corrected chi connectivity index (χ0v) is 47.3. The van der Waals surface area contributed by atoms with Crippen molar-refractivity contribution in [1.82, 2.24) is 9.13 Å². The Morgan fingerprint density at radius 3 is 1.60 bits per heavy atom. The highest BCUT2D eigenvalue weighted by molar-refractivity contribution is 6.24. The van der Waals surface area contributed by atoms with E-state index in [4.69, 9.17) is 0 Å². The van der Waals surface area contributed by atoms with E-state index in [9.17, 15) is 0 Å². The molecule has 0 saturated heterocycles. The van der Waals surface area contributed by atoms with Crippen LogP contribution >= 0.6 is 0 Å². The average molecular weight is 1080 g/mol. The summed E-state index contributed by atoms with van der Waals surface area (Å²) in [6.07, 6.45) is 6.34. The molecule has 15 rings (SSSR count). The van der Waals surface area contributed by atoms with Crippen LogP contribution in [-0.2, 0) is 5.41 Å². The highest BCUT2D eigenvalue weighted by Gasteiger charge is 2.36. The van der Waals surface area contributed by atoms with Crippen LogP contribution < -0.4 is 9.80 Å². The predicted octanol–water partition coefficient (Wildman–Crippen LogP) is 22.1. The fourth-order valence-electron chi connectivity index (χ4n) is 13.5. The molecule has 2 heterocycles. The summed E-state index contributed by atoms with van der Waals surface area (Å²) in [5.41, 5.74) is 23.6. The van der Waals surface area contributed by atoms with E-state index in [0.29, 0.717) is 0 Å². The third-order valence-electron chi connectivity index (χ3n) is 17.3. The molecule has 12 aromatic carbocycles. The van der Waals surface area contributed by atoms with Crippen LogP contribution in [0, 0.1) is 0 Å². The predicted molar refractivity (Wildman–Crippen MR) is 358 cm³/mol. The van der Waals surface area contributed by atoms with Crippen molar-refractivity contribution in [2.24, 2.45) is 0 Å². The number of benzene rings is 12. The molecule has 400 valence electrons. The maximum absolute atomic E-state index is 4.39. The minimum absolute atomic E-state index is 0.242. The maximum Gasteiger partial charge on any atom is 0.0561 e. The lowest BCUT2D eigenvalue weighted by Gasteiger charge is -2.31. The largest absolute Gasteiger partial charge is 0.310 e. The number of nitrogens with zero attached hydrogens (tertiary/aromatic N) is 4. The van der Waals surface area contributed by atoms with Gasteiger partial charge in [-0.15, -0.1) is 0 Å². The molecule has 0 unspecified atom stereocenters. The van der Waals surface area contributed by atoms with Crippen LogP contribution in [0.5, 0.6) is 0 Å². The van der Waals surface area contributed by atoms with Crippen molar-refractivity contribution in [3.05, 3.63) is 314 Å². The van der Waals surface area contributed by atoms with Crippen molar-refractivity contribution in [1.29, 1.82) is 0 Å². The molecular formula is C80H60N4. The van der Waals surface area contributed by atoms with Crippen molar-refractivity contribution >= 4 is 89.8 Å². The summed E-state index contributed by atoms with van der Waals surface area (Å²) in [6.45, 7) is 11.2. The van der Waals surface area contributed by atoms with Crippen LogP contribution in [0.4, 0.5) is 34.1 Å². The molecule has 4 nitrogen and oxygen atoms in total. The summed E-state index contributed by atoms with van der Waals surface area (Å²) < 4.78 is 4.84. The van der Waals surface area contributed by atoms with Gasteiger partial charge < -0.3 is 18.9 Å². The summed E-state index contributed by atoms with van der Waals surface area (Å²) in [5.74, 6) is 0. The van der Waals surface area contributed by atoms with E-state index >= 15 is 0 Å². The van der Waals surface area contributed by atoms with Crippen LogP contribution in [0.25, 0.3) is 100 Å². The first-order valence-corrected chi connectivity index (χ1v) is 29.1. The molecule has 0 radical (unpaired) electrons. The van der Waals surface area contributed by atoms with Gasteiger partial charge in [0.05, 0.1) is 22.2 Å². The number of fused-ring (bicyclic) bond motifs is 9. The zero-order valence-electron chi connectivity index (χ0n) is 47.3. The maximum atomic E-state index is 4.39. The molecular weight excluding hydrogens is 1020 g/mol. The highest BCUT2D eigenvalue weighted by Crippen LogP contribution is 2.53. The molecule has 0 N–H and O–H groups in total. The summed E-state index contributed by atoms with van der Waals surface area (Å²) >= 11 is 0. The van der Waals surface area contributed by atoms with Crippen molar-refractivity contribution in [2.45, 2.75) is 26.2 Å². The second-order valence-electron chi connectivity index (χ2n) is 22.5. The van der Waals surface area contributed by atoms with Gasteiger partial charge in [0, 0.05) is 72.6 Å². The van der Waals surface area contributed by atoms with Gasteiger partial charge in [-0.05, 0) is 171 Å². The molecule has 0 fully saturated rings. The van der Waals surface area contributed by atoms with E-state index in [-0.39, 0.29) is 5.41 Å². The first-order chi connectivity index (χ1) is 41.4. The summed E-state index contributed by atoms with van der Waals surface area (Å²) in [5, 5.41) is 5.99. The average Bonchev–Trinajstić information content (AvgIpc) is 1.91. The first kappa shape index (κ1) is 50.3. The molecule has 0 atom stereocenters. The molecule has 0 bridgehead atoms. The highest BCUT2D eigenvalue weighted by atomic mass is 15.2. The fourth-order valence-corrected chi connectivity index (χ4v) is 13.5. The number of hydrogen-bond acceptors (Lipinski definition) is 2. The number of anilines is 6. The van der Waals surface area contributed by atoms with E-state index in [2.05, 4.69) is 337 Å². The first-order valence-electron chi connectivity index (χ1n) is 29.1.